The highest BCUT2D eigenvalue weighted by Gasteiger charge is 2.61. The van der Waals surface area contributed by atoms with Gasteiger partial charge in [-0.2, -0.15) is 0 Å². The van der Waals surface area contributed by atoms with Gasteiger partial charge >= 0.3 is 5.97 Å². The predicted octanol–water partition coefficient (Wildman–Crippen LogP) is 4.32. The number of carbonyl (C=O) groups excluding carboxylic acids is 2. The third-order valence-electron chi connectivity index (χ3n) is 8.58. The molecule has 4 heteroatoms. The summed E-state index contributed by atoms with van der Waals surface area (Å²) in [7, 11) is 1.53. The van der Waals surface area contributed by atoms with E-state index in [4.69, 9.17) is 4.74 Å². The second-order valence-electron chi connectivity index (χ2n) is 9.28. The van der Waals surface area contributed by atoms with Crippen molar-refractivity contribution in [3.63, 3.8) is 0 Å². The van der Waals surface area contributed by atoms with Crippen molar-refractivity contribution >= 4 is 11.9 Å². The molecule has 4 rings (SSSR count). The quantitative estimate of drug-likeness (QED) is 0.706. The molecule has 26 heavy (non-hydrogen) atoms. The van der Waals surface area contributed by atoms with E-state index in [2.05, 4.69) is 19.2 Å². The van der Waals surface area contributed by atoms with Crippen molar-refractivity contribution in [3.8, 4) is 0 Å². The Hall–Kier alpha value is -1.06. The van der Waals surface area contributed by atoms with Gasteiger partial charge in [0.1, 0.15) is 0 Å². The summed E-state index contributed by atoms with van der Waals surface area (Å²) < 4.78 is 5.12. The van der Waals surface area contributed by atoms with Gasteiger partial charge in [-0.25, -0.2) is 0 Å². The average molecular weight is 364 g/mol. The van der Waals surface area contributed by atoms with Crippen LogP contribution < -0.4 is 5.32 Å². The third-order valence-corrected chi connectivity index (χ3v) is 8.58. The van der Waals surface area contributed by atoms with Crippen LogP contribution in [0.5, 0.6) is 0 Å². The molecule has 0 aromatic rings. The van der Waals surface area contributed by atoms with Gasteiger partial charge in [-0.3, -0.25) is 9.59 Å². The van der Waals surface area contributed by atoms with Crippen LogP contribution in [0, 0.1) is 34.5 Å². The summed E-state index contributed by atoms with van der Waals surface area (Å²) in [5.74, 6) is 2.40. The fraction of sp³-hybridized carbons (Fsp3) is 0.909. The number of methoxy groups -OCH3 is 1. The van der Waals surface area contributed by atoms with E-state index in [0.717, 1.165) is 31.6 Å². The molecule has 4 nitrogen and oxygen atoms in total. The highest BCUT2D eigenvalue weighted by molar-refractivity contribution is 5.77. The first-order chi connectivity index (χ1) is 12.4. The van der Waals surface area contributed by atoms with Crippen molar-refractivity contribution < 1.29 is 14.3 Å². The number of carbonyl (C=O) groups is 2. The van der Waals surface area contributed by atoms with Crippen LogP contribution in [-0.2, 0) is 14.3 Å². The van der Waals surface area contributed by atoms with Crippen LogP contribution >= 0.6 is 0 Å². The minimum atomic E-state index is 0.00303. The molecule has 0 spiro atoms. The van der Waals surface area contributed by atoms with E-state index in [9.17, 15) is 9.59 Å². The lowest BCUT2D eigenvalue weighted by molar-refractivity contribution is -0.155. The summed E-state index contributed by atoms with van der Waals surface area (Å²) >= 11 is 0. The Labute approximate surface area is 158 Å². The fourth-order valence-corrected chi connectivity index (χ4v) is 7.23. The first-order valence-electron chi connectivity index (χ1n) is 10.8. The van der Waals surface area contributed by atoms with Crippen molar-refractivity contribution in [2.45, 2.75) is 85.1 Å². The monoisotopic (exact) mass is 363 g/mol. The zero-order chi connectivity index (χ0) is 19.1. The molecule has 0 aromatic heterocycles. The van der Waals surface area contributed by atoms with Gasteiger partial charge < -0.3 is 10.1 Å². The summed E-state index contributed by atoms with van der Waals surface area (Å²) in [6.45, 7) is 8.77. The normalized spacial score (nSPS) is 46.7. The van der Waals surface area contributed by atoms with Crippen molar-refractivity contribution in [1.82, 2.24) is 5.32 Å². The number of hydrogen-bond acceptors (Lipinski definition) is 3. The molecule has 1 aliphatic heterocycles. The summed E-state index contributed by atoms with van der Waals surface area (Å²) in [5, 5.41) is 3.28. The molecule has 4 unspecified atom stereocenters. The van der Waals surface area contributed by atoms with E-state index in [1.54, 1.807) is 0 Å². The van der Waals surface area contributed by atoms with E-state index in [-0.39, 0.29) is 28.6 Å². The lowest BCUT2D eigenvalue weighted by atomic mass is 9.47. The number of hydrogen-bond donors (Lipinski definition) is 1. The van der Waals surface area contributed by atoms with Gasteiger partial charge in [0.2, 0.25) is 5.91 Å². The molecule has 3 saturated carbocycles. The molecule has 3 aliphatic carbocycles. The molecule has 4 fully saturated rings. The predicted molar refractivity (Wildman–Crippen MR) is 102 cm³/mol. The van der Waals surface area contributed by atoms with Crippen molar-refractivity contribution in [3.05, 3.63) is 0 Å². The highest BCUT2D eigenvalue weighted by atomic mass is 16.5. The van der Waals surface area contributed by atoms with Crippen LogP contribution in [0.1, 0.15) is 79.1 Å². The van der Waals surface area contributed by atoms with Gasteiger partial charge in [0, 0.05) is 12.5 Å². The Bertz CT molecular complexity index is 562. The lowest BCUT2D eigenvalue weighted by Gasteiger charge is -2.60. The minimum Gasteiger partial charge on any atom is -0.469 e. The van der Waals surface area contributed by atoms with Crippen LogP contribution in [0.4, 0.5) is 0 Å². The van der Waals surface area contributed by atoms with Gasteiger partial charge in [0.25, 0.3) is 0 Å². The standard InChI is InChI=1S/C20H31NO3.C2H6/c1-19-10-8-14-12(13(19)5-6-15(19)18(23)24-3)4-7-16-20(14,2)11-9-17(22)21-16;1-2/h12-16H,4-11H2,1-3H3,(H,21,22);1-2H3/t12-,13?,14?,15+,16?,19-,20?;/m0./s1. The summed E-state index contributed by atoms with van der Waals surface area (Å²) in [6.07, 6.45) is 8.54. The van der Waals surface area contributed by atoms with Gasteiger partial charge in [0.15, 0.2) is 0 Å². The van der Waals surface area contributed by atoms with Crippen LogP contribution in [0.25, 0.3) is 0 Å². The van der Waals surface area contributed by atoms with Gasteiger partial charge in [-0.15, -0.1) is 0 Å². The third kappa shape index (κ3) is 2.79. The molecule has 1 saturated heterocycles. The largest absolute Gasteiger partial charge is 0.469 e. The number of piperidine rings is 1. The van der Waals surface area contributed by atoms with Crippen molar-refractivity contribution in [2.75, 3.05) is 7.11 Å². The van der Waals surface area contributed by atoms with E-state index in [1.165, 1.54) is 26.4 Å². The van der Waals surface area contributed by atoms with Crippen LogP contribution in [0.15, 0.2) is 0 Å². The van der Waals surface area contributed by atoms with Gasteiger partial charge in [-0.1, -0.05) is 27.7 Å². The molecule has 1 N–H and O–H groups in total. The summed E-state index contributed by atoms with van der Waals surface area (Å²) in [4.78, 5) is 24.1. The number of rotatable bonds is 1. The van der Waals surface area contributed by atoms with Gasteiger partial charge in [0.05, 0.1) is 13.0 Å². The maximum atomic E-state index is 12.3. The maximum Gasteiger partial charge on any atom is 0.309 e. The topological polar surface area (TPSA) is 55.4 Å². The van der Waals surface area contributed by atoms with Crippen LogP contribution in [0.2, 0.25) is 0 Å². The first kappa shape index (κ1) is 19.7. The maximum absolute atomic E-state index is 12.3. The first-order valence-corrected chi connectivity index (χ1v) is 10.8. The Morgan fingerprint density at radius 3 is 2.38 bits per heavy atom. The molecule has 0 radical (unpaired) electrons. The van der Waals surface area contributed by atoms with E-state index < -0.39 is 0 Å². The Morgan fingerprint density at radius 1 is 1.00 bits per heavy atom. The van der Waals surface area contributed by atoms with E-state index >= 15 is 0 Å². The molecule has 7 atom stereocenters. The summed E-state index contributed by atoms with van der Waals surface area (Å²) in [6, 6.07) is 0.363. The van der Waals surface area contributed by atoms with Crippen LogP contribution in [-0.4, -0.2) is 25.0 Å². The SMILES string of the molecule is CC.COC(=O)[C@H]1CCC2[C@@H]3CCC4NC(=O)CCC4(C)C3CC[C@@]21C. The molecular formula is C22H37NO3. The number of fused-ring (bicyclic) bond motifs is 5. The molecule has 148 valence electrons. The second-order valence-corrected chi connectivity index (χ2v) is 9.28. The zero-order valence-corrected chi connectivity index (χ0v) is 17.3. The van der Waals surface area contributed by atoms with Crippen molar-refractivity contribution in [2.24, 2.45) is 34.5 Å². The molecule has 4 aliphatic rings. The summed E-state index contributed by atoms with van der Waals surface area (Å²) in [5.41, 5.74) is 0.372. The van der Waals surface area contributed by atoms with Gasteiger partial charge in [-0.05, 0) is 73.5 Å². The zero-order valence-electron chi connectivity index (χ0n) is 17.3. The number of esters is 1. The number of amides is 1. The van der Waals surface area contributed by atoms with E-state index in [1.807, 2.05) is 13.8 Å². The molecule has 0 aromatic carbocycles. The Morgan fingerprint density at radius 2 is 1.69 bits per heavy atom. The fourth-order valence-electron chi connectivity index (χ4n) is 7.23. The molecular weight excluding hydrogens is 326 g/mol. The average Bonchev–Trinajstić information content (AvgIpc) is 3.00. The Balaban J connectivity index is 0.000000948. The Kier molecular flexibility index (Phi) is 5.43. The minimum absolute atomic E-state index is 0.00303. The second kappa shape index (κ2) is 7.16. The highest BCUT2D eigenvalue weighted by Crippen LogP contribution is 2.65. The lowest BCUT2D eigenvalue weighted by Crippen LogP contribution is -2.61. The molecule has 1 amide bonds. The van der Waals surface area contributed by atoms with E-state index in [0.29, 0.717) is 24.3 Å². The smallest absolute Gasteiger partial charge is 0.309 e. The molecule has 1 heterocycles. The molecule has 0 bridgehead atoms. The van der Waals surface area contributed by atoms with Crippen molar-refractivity contribution in [1.29, 1.82) is 0 Å². The number of nitrogens with one attached hydrogen (secondary N) is 1. The number of ether oxygens (including phenoxy) is 1. The van der Waals surface area contributed by atoms with Crippen LogP contribution in [0.3, 0.4) is 0 Å².